The van der Waals surface area contributed by atoms with Gasteiger partial charge in [-0.15, -0.1) is 11.8 Å². The van der Waals surface area contributed by atoms with Crippen LogP contribution < -0.4 is 10.6 Å². The Morgan fingerprint density at radius 3 is 2.81 bits per heavy atom. The molecule has 1 aliphatic carbocycles. The summed E-state index contributed by atoms with van der Waals surface area (Å²) in [5.74, 6) is 2.02. The fourth-order valence-electron chi connectivity index (χ4n) is 2.57. The van der Waals surface area contributed by atoms with Crippen molar-refractivity contribution in [2.45, 2.75) is 45.1 Å². The van der Waals surface area contributed by atoms with Gasteiger partial charge in [0, 0.05) is 18.2 Å². The van der Waals surface area contributed by atoms with Crippen molar-refractivity contribution in [2.24, 2.45) is 5.41 Å². The minimum Gasteiger partial charge on any atom is -0.354 e. The predicted molar refractivity (Wildman–Crippen MR) is 68.5 cm³/mol. The van der Waals surface area contributed by atoms with Gasteiger partial charge in [-0.05, 0) is 18.3 Å². The van der Waals surface area contributed by atoms with Crippen LogP contribution in [0.1, 0.15) is 39.0 Å². The number of amides is 1. The Labute approximate surface area is 102 Å². The van der Waals surface area contributed by atoms with Gasteiger partial charge in [-0.25, -0.2) is 0 Å². The monoisotopic (exact) mass is 242 g/mol. The van der Waals surface area contributed by atoms with Gasteiger partial charge in [0.15, 0.2) is 0 Å². The summed E-state index contributed by atoms with van der Waals surface area (Å²) in [5.41, 5.74) is 0.347. The zero-order valence-electron chi connectivity index (χ0n) is 10.1. The maximum absolute atomic E-state index is 11.8. The minimum atomic E-state index is 0.0391. The van der Waals surface area contributed by atoms with Gasteiger partial charge in [-0.3, -0.25) is 10.1 Å². The number of hydrogen-bond donors (Lipinski definition) is 2. The fourth-order valence-corrected chi connectivity index (χ4v) is 3.51. The molecule has 1 heterocycles. The molecule has 1 saturated heterocycles. The van der Waals surface area contributed by atoms with E-state index >= 15 is 0 Å². The smallest absolute Gasteiger partial charge is 0.238 e. The molecular formula is C12H22N2OS. The largest absolute Gasteiger partial charge is 0.354 e. The summed E-state index contributed by atoms with van der Waals surface area (Å²) in [5, 5.41) is 6.33. The van der Waals surface area contributed by atoms with Crippen LogP contribution in [0.4, 0.5) is 0 Å². The molecule has 1 saturated carbocycles. The standard InChI is InChI=1S/C12H22N2OS/c1-12(5-3-2-4-6-12)8-13-11(15)10-7-16-9-14-10/h10,14H,2-9H2,1H3,(H,13,15). The van der Waals surface area contributed by atoms with E-state index in [9.17, 15) is 4.79 Å². The topological polar surface area (TPSA) is 41.1 Å². The quantitative estimate of drug-likeness (QED) is 0.792. The van der Waals surface area contributed by atoms with Crippen molar-refractivity contribution < 1.29 is 4.79 Å². The molecule has 1 amide bonds. The molecule has 0 aromatic carbocycles. The normalized spacial score (nSPS) is 28.9. The molecule has 0 radical (unpaired) electrons. The molecule has 2 fully saturated rings. The average Bonchev–Trinajstić information content (AvgIpc) is 2.80. The molecule has 92 valence electrons. The highest BCUT2D eigenvalue weighted by Gasteiger charge is 2.29. The molecule has 2 aliphatic rings. The summed E-state index contributed by atoms with van der Waals surface area (Å²) in [6.07, 6.45) is 6.54. The van der Waals surface area contributed by atoms with E-state index in [0.29, 0.717) is 5.41 Å². The highest BCUT2D eigenvalue weighted by atomic mass is 32.2. The molecule has 0 aromatic rings. The van der Waals surface area contributed by atoms with Crippen LogP contribution in [-0.2, 0) is 4.79 Å². The van der Waals surface area contributed by atoms with Crippen LogP contribution in [0.3, 0.4) is 0 Å². The van der Waals surface area contributed by atoms with Gasteiger partial charge >= 0.3 is 0 Å². The predicted octanol–water partition coefficient (Wildman–Crippen LogP) is 1.74. The Kier molecular flexibility index (Phi) is 4.14. The van der Waals surface area contributed by atoms with Crippen LogP contribution in [0.5, 0.6) is 0 Å². The Hall–Kier alpha value is -0.220. The van der Waals surface area contributed by atoms with E-state index in [-0.39, 0.29) is 11.9 Å². The number of carbonyl (C=O) groups excluding carboxylic acids is 1. The summed E-state index contributed by atoms with van der Waals surface area (Å²) in [4.78, 5) is 11.8. The lowest BCUT2D eigenvalue weighted by Gasteiger charge is -2.33. The molecule has 1 unspecified atom stereocenters. The van der Waals surface area contributed by atoms with Crippen LogP contribution in [-0.4, -0.2) is 30.1 Å². The van der Waals surface area contributed by atoms with Gasteiger partial charge in [0.1, 0.15) is 0 Å². The van der Waals surface area contributed by atoms with Crippen molar-refractivity contribution in [3.63, 3.8) is 0 Å². The zero-order chi connectivity index (χ0) is 11.4. The summed E-state index contributed by atoms with van der Waals surface area (Å²) in [7, 11) is 0. The Bertz CT molecular complexity index is 245. The van der Waals surface area contributed by atoms with Gasteiger partial charge in [0.2, 0.25) is 5.91 Å². The molecule has 2 rings (SSSR count). The third kappa shape index (κ3) is 3.14. The Balaban J connectivity index is 1.75. The lowest BCUT2D eigenvalue weighted by Crippen LogP contribution is -2.46. The van der Waals surface area contributed by atoms with Crippen LogP contribution in [0, 0.1) is 5.41 Å². The fraction of sp³-hybridized carbons (Fsp3) is 0.917. The van der Waals surface area contributed by atoms with Crippen molar-refractivity contribution >= 4 is 17.7 Å². The van der Waals surface area contributed by atoms with Gasteiger partial charge < -0.3 is 5.32 Å². The van der Waals surface area contributed by atoms with Crippen molar-refractivity contribution in [3.05, 3.63) is 0 Å². The van der Waals surface area contributed by atoms with Crippen molar-refractivity contribution in [1.29, 1.82) is 0 Å². The van der Waals surface area contributed by atoms with Crippen LogP contribution >= 0.6 is 11.8 Å². The summed E-state index contributed by atoms with van der Waals surface area (Å²) in [6, 6.07) is 0.0391. The molecule has 0 bridgehead atoms. The second-order valence-corrected chi connectivity index (χ2v) is 6.39. The molecule has 16 heavy (non-hydrogen) atoms. The lowest BCUT2D eigenvalue weighted by molar-refractivity contribution is -0.123. The summed E-state index contributed by atoms with van der Waals surface area (Å²) >= 11 is 1.80. The van der Waals surface area contributed by atoms with Gasteiger partial charge in [-0.2, -0.15) is 0 Å². The van der Waals surface area contributed by atoms with E-state index in [2.05, 4.69) is 17.6 Å². The Morgan fingerprint density at radius 1 is 1.44 bits per heavy atom. The van der Waals surface area contributed by atoms with E-state index in [1.807, 2.05) is 0 Å². The molecule has 0 aromatic heterocycles. The molecule has 1 aliphatic heterocycles. The first-order chi connectivity index (χ1) is 7.70. The van der Waals surface area contributed by atoms with E-state index in [4.69, 9.17) is 0 Å². The highest BCUT2D eigenvalue weighted by molar-refractivity contribution is 7.99. The number of hydrogen-bond acceptors (Lipinski definition) is 3. The third-order valence-electron chi connectivity index (χ3n) is 3.78. The van der Waals surface area contributed by atoms with Gasteiger partial charge in [-0.1, -0.05) is 26.2 Å². The minimum absolute atomic E-state index is 0.0391. The first-order valence-corrected chi connectivity index (χ1v) is 7.44. The first-order valence-electron chi connectivity index (χ1n) is 6.28. The molecule has 2 N–H and O–H groups in total. The number of carbonyl (C=O) groups is 1. The number of rotatable bonds is 3. The van der Waals surface area contributed by atoms with Crippen molar-refractivity contribution in [1.82, 2.24) is 10.6 Å². The van der Waals surface area contributed by atoms with Crippen molar-refractivity contribution in [3.8, 4) is 0 Å². The van der Waals surface area contributed by atoms with E-state index in [1.165, 1.54) is 32.1 Å². The van der Waals surface area contributed by atoms with E-state index in [0.717, 1.165) is 18.2 Å². The van der Waals surface area contributed by atoms with E-state index in [1.54, 1.807) is 11.8 Å². The SMILES string of the molecule is CC1(CNC(=O)C2CSCN2)CCCCC1. The zero-order valence-corrected chi connectivity index (χ0v) is 10.9. The Morgan fingerprint density at radius 2 is 2.19 bits per heavy atom. The maximum atomic E-state index is 11.8. The highest BCUT2D eigenvalue weighted by Crippen LogP contribution is 2.34. The molecule has 0 spiro atoms. The second kappa shape index (κ2) is 5.41. The van der Waals surface area contributed by atoms with Gasteiger partial charge in [0.25, 0.3) is 0 Å². The lowest BCUT2D eigenvalue weighted by atomic mass is 9.76. The maximum Gasteiger partial charge on any atom is 0.238 e. The number of thioether (sulfide) groups is 1. The number of nitrogens with one attached hydrogen (secondary N) is 2. The molecular weight excluding hydrogens is 220 g/mol. The second-order valence-electron chi connectivity index (χ2n) is 5.36. The van der Waals surface area contributed by atoms with E-state index < -0.39 is 0 Å². The summed E-state index contributed by atoms with van der Waals surface area (Å²) < 4.78 is 0. The van der Waals surface area contributed by atoms with Crippen LogP contribution in [0.25, 0.3) is 0 Å². The summed E-state index contributed by atoms with van der Waals surface area (Å²) in [6.45, 7) is 3.16. The third-order valence-corrected chi connectivity index (χ3v) is 4.72. The molecule has 4 heteroatoms. The van der Waals surface area contributed by atoms with Crippen LogP contribution in [0.15, 0.2) is 0 Å². The average molecular weight is 242 g/mol. The van der Waals surface area contributed by atoms with Crippen molar-refractivity contribution in [2.75, 3.05) is 18.2 Å². The molecule has 1 atom stereocenters. The molecule has 3 nitrogen and oxygen atoms in total. The van der Waals surface area contributed by atoms with Gasteiger partial charge in [0.05, 0.1) is 6.04 Å². The van der Waals surface area contributed by atoms with Crippen LogP contribution in [0.2, 0.25) is 0 Å². The first kappa shape index (κ1) is 12.2.